The van der Waals surface area contributed by atoms with E-state index in [0.29, 0.717) is 22.3 Å². The molecule has 0 saturated heterocycles. The maximum absolute atomic E-state index is 13.7. The largest absolute Gasteiger partial charge is 0.368 e. The van der Waals surface area contributed by atoms with Crippen molar-refractivity contribution in [3.63, 3.8) is 0 Å². The van der Waals surface area contributed by atoms with E-state index >= 15 is 0 Å². The molecule has 7 heteroatoms. The predicted octanol–water partition coefficient (Wildman–Crippen LogP) is 2.38. The molecule has 0 aliphatic carbocycles. The first-order valence-electron chi connectivity index (χ1n) is 6.64. The lowest BCUT2D eigenvalue weighted by Crippen LogP contribution is -2.05. The van der Waals surface area contributed by atoms with Gasteiger partial charge in [0.25, 0.3) is 0 Å². The van der Waals surface area contributed by atoms with E-state index in [1.165, 1.54) is 18.2 Å². The summed E-state index contributed by atoms with van der Waals surface area (Å²) < 4.78 is 13.7. The molecule has 23 heavy (non-hydrogen) atoms. The van der Waals surface area contributed by atoms with Crippen molar-refractivity contribution < 1.29 is 4.39 Å². The van der Waals surface area contributed by atoms with Gasteiger partial charge in [0, 0.05) is 5.56 Å². The number of nitrogens with zero attached hydrogens (tertiary/aromatic N) is 4. The predicted molar refractivity (Wildman–Crippen MR) is 84.2 cm³/mol. The van der Waals surface area contributed by atoms with Gasteiger partial charge in [-0.05, 0) is 41.5 Å². The lowest BCUT2D eigenvalue weighted by Gasteiger charge is -2.10. The van der Waals surface area contributed by atoms with Gasteiger partial charge in [0.1, 0.15) is 5.82 Å². The van der Waals surface area contributed by atoms with Crippen LogP contribution >= 0.6 is 0 Å². The molecule has 3 aromatic rings. The van der Waals surface area contributed by atoms with Gasteiger partial charge in [-0.15, -0.1) is 0 Å². The number of aromatic nitrogens is 3. The van der Waals surface area contributed by atoms with E-state index in [-0.39, 0.29) is 17.7 Å². The summed E-state index contributed by atoms with van der Waals surface area (Å²) in [6.07, 6.45) is 0. The number of hydrogen-bond donors (Lipinski definition) is 2. The van der Waals surface area contributed by atoms with Gasteiger partial charge in [-0.1, -0.05) is 12.1 Å². The van der Waals surface area contributed by atoms with Crippen LogP contribution in [0, 0.1) is 17.1 Å². The van der Waals surface area contributed by atoms with Gasteiger partial charge in [0.15, 0.2) is 5.82 Å². The Hall–Kier alpha value is -3.53. The molecule has 6 nitrogen and oxygen atoms in total. The fourth-order valence-electron chi connectivity index (χ4n) is 2.24. The monoisotopic (exact) mass is 306 g/mol. The normalized spacial score (nSPS) is 10.3. The van der Waals surface area contributed by atoms with Gasteiger partial charge in [-0.25, -0.2) is 4.39 Å². The number of rotatable bonds is 2. The zero-order valence-corrected chi connectivity index (χ0v) is 11.9. The van der Waals surface area contributed by atoms with Crippen LogP contribution in [0.2, 0.25) is 0 Å². The molecule has 1 heterocycles. The van der Waals surface area contributed by atoms with Crippen LogP contribution < -0.4 is 11.5 Å². The first-order chi connectivity index (χ1) is 11.1. The van der Waals surface area contributed by atoms with E-state index < -0.39 is 5.82 Å². The summed E-state index contributed by atoms with van der Waals surface area (Å²) in [6, 6.07) is 13.1. The molecule has 0 saturated carbocycles. The number of nitriles is 1. The van der Waals surface area contributed by atoms with Crippen LogP contribution in [0.5, 0.6) is 0 Å². The lowest BCUT2D eigenvalue weighted by molar-refractivity contribution is 0.628. The van der Waals surface area contributed by atoms with E-state index in [0.717, 1.165) is 0 Å². The Morgan fingerprint density at radius 3 is 2.35 bits per heavy atom. The SMILES string of the molecule is N#Cc1cccc(-c2cc(F)ccc2-c2nc(N)nc(N)n2)c1. The van der Waals surface area contributed by atoms with E-state index in [4.69, 9.17) is 16.7 Å². The summed E-state index contributed by atoms with van der Waals surface area (Å²) in [7, 11) is 0. The first-order valence-corrected chi connectivity index (χ1v) is 6.64. The van der Waals surface area contributed by atoms with Crippen LogP contribution in [0.15, 0.2) is 42.5 Å². The van der Waals surface area contributed by atoms with Crippen LogP contribution in [0.1, 0.15) is 5.56 Å². The Bertz CT molecular complexity index is 912. The van der Waals surface area contributed by atoms with Crippen LogP contribution in [0.25, 0.3) is 22.5 Å². The molecule has 0 aliphatic heterocycles. The Kier molecular flexibility index (Phi) is 3.57. The van der Waals surface area contributed by atoms with Crippen LogP contribution in [-0.2, 0) is 0 Å². The lowest BCUT2D eigenvalue weighted by atomic mass is 9.97. The zero-order chi connectivity index (χ0) is 16.4. The zero-order valence-electron chi connectivity index (χ0n) is 11.9. The fraction of sp³-hybridized carbons (Fsp3) is 0. The van der Waals surface area contributed by atoms with Gasteiger partial charge in [0.2, 0.25) is 11.9 Å². The van der Waals surface area contributed by atoms with E-state index in [9.17, 15) is 4.39 Å². The van der Waals surface area contributed by atoms with E-state index in [2.05, 4.69) is 21.0 Å². The Balaban J connectivity index is 2.24. The van der Waals surface area contributed by atoms with Gasteiger partial charge in [0.05, 0.1) is 11.6 Å². The number of nitrogens with two attached hydrogens (primary N) is 2. The number of halogens is 1. The Morgan fingerprint density at radius 2 is 1.65 bits per heavy atom. The van der Waals surface area contributed by atoms with Crippen molar-refractivity contribution in [2.24, 2.45) is 0 Å². The van der Waals surface area contributed by atoms with Crippen molar-refractivity contribution in [2.45, 2.75) is 0 Å². The maximum atomic E-state index is 13.7. The summed E-state index contributed by atoms with van der Waals surface area (Å²) in [5.41, 5.74) is 13.4. The third kappa shape index (κ3) is 2.91. The van der Waals surface area contributed by atoms with Crippen LogP contribution in [0.3, 0.4) is 0 Å². The van der Waals surface area contributed by atoms with Gasteiger partial charge >= 0.3 is 0 Å². The summed E-state index contributed by atoms with van der Waals surface area (Å²) in [4.78, 5) is 11.8. The summed E-state index contributed by atoms with van der Waals surface area (Å²) in [6.45, 7) is 0. The number of anilines is 2. The average Bonchev–Trinajstić information content (AvgIpc) is 2.54. The van der Waals surface area contributed by atoms with Crippen molar-refractivity contribution in [1.29, 1.82) is 5.26 Å². The molecular weight excluding hydrogens is 295 g/mol. The molecule has 0 radical (unpaired) electrons. The van der Waals surface area contributed by atoms with Crippen molar-refractivity contribution in [3.8, 4) is 28.6 Å². The molecule has 112 valence electrons. The van der Waals surface area contributed by atoms with Crippen molar-refractivity contribution in [2.75, 3.05) is 11.5 Å². The second-order valence-corrected chi connectivity index (χ2v) is 4.76. The molecule has 0 unspecified atom stereocenters. The van der Waals surface area contributed by atoms with E-state index in [1.807, 2.05) is 0 Å². The van der Waals surface area contributed by atoms with Crippen LogP contribution in [0.4, 0.5) is 16.3 Å². The molecule has 0 atom stereocenters. The average molecular weight is 306 g/mol. The molecular formula is C16H11FN6. The third-order valence-corrected chi connectivity index (χ3v) is 3.20. The van der Waals surface area contributed by atoms with E-state index in [1.54, 1.807) is 24.3 Å². The highest BCUT2D eigenvalue weighted by Crippen LogP contribution is 2.31. The molecule has 3 rings (SSSR count). The topological polar surface area (TPSA) is 114 Å². The highest BCUT2D eigenvalue weighted by atomic mass is 19.1. The number of benzene rings is 2. The number of hydrogen-bond acceptors (Lipinski definition) is 6. The quantitative estimate of drug-likeness (QED) is 0.751. The second kappa shape index (κ2) is 5.69. The molecule has 0 aliphatic rings. The Morgan fingerprint density at radius 1 is 0.913 bits per heavy atom. The summed E-state index contributed by atoms with van der Waals surface area (Å²) >= 11 is 0. The molecule has 1 aromatic heterocycles. The molecule has 4 N–H and O–H groups in total. The van der Waals surface area contributed by atoms with Crippen molar-refractivity contribution in [1.82, 2.24) is 15.0 Å². The molecule has 2 aromatic carbocycles. The highest BCUT2D eigenvalue weighted by Gasteiger charge is 2.13. The molecule has 0 amide bonds. The summed E-state index contributed by atoms with van der Waals surface area (Å²) in [5.74, 6) is -0.212. The fourth-order valence-corrected chi connectivity index (χ4v) is 2.24. The third-order valence-electron chi connectivity index (χ3n) is 3.20. The molecule has 0 fully saturated rings. The molecule has 0 spiro atoms. The van der Waals surface area contributed by atoms with Gasteiger partial charge in [-0.2, -0.15) is 20.2 Å². The minimum absolute atomic E-state index is 0.0199. The Labute approximate surface area is 131 Å². The minimum atomic E-state index is -0.416. The molecule has 0 bridgehead atoms. The van der Waals surface area contributed by atoms with Crippen molar-refractivity contribution >= 4 is 11.9 Å². The maximum Gasteiger partial charge on any atom is 0.225 e. The second-order valence-electron chi connectivity index (χ2n) is 4.76. The first kappa shape index (κ1) is 14.4. The highest BCUT2D eigenvalue weighted by molar-refractivity contribution is 5.81. The smallest absolute Gasteiger partial charge is 0.225 e. The minimum Gasteiger partial charge on any atom is -0.368 e. The summed E-state index contributed by atoms with van der Waals surface area (Å²) in [5, 5.41) is 9.03. The van der Waals surface area contributed by atoms with Gasteiger partial charge in [-0.3, -0.25) is 0 Å². The number of nitrogen functional groups attached to an aromatic ring is 2. The van der Waals surface area contributed by atoms with Gasteiger partial charge < -0.3 is 11.5 Å². The van der Waals surface area contributed by atoms with Crippen LogP contribution in [-0.4, -0.2) is 15.0 Å². The van der Waals surface area contributed by atoms with Crippen molar-refractivity contribution in [3.05, 3.63) is 53.8 Å². The standard InChI is InChI=1S/C16H11FN6/c17-11-4-5-12(14-21-15(19)23-16(20)22-14)13(7-11)10-3-1-2-9(6-10)8-18/h1-7H,(H4,19,20,21,22,23).